The second kappa shape index (κ2) is 7.72. The number of hydrogen-bond donors (Lipinski definition) is 1. The van der Waals surface area contributed by atoms with Crippen molar-refractivity contribution >= 4 is 29.6 Å². The van der Waals surface area contributed by atoms with Gasteiger partial charge in [-0.3, -0.25) is 14.9 Å². The Hall–Kier alpha value is -3.35. The van der Waals surface area contributed by atoms with Crippen LogP contribution in [-0.2, 0) is 9.59 Å². The van der Waals surface area contributed by atoms with Crippen molar-refractivity contribution in [1.82, 2.24) is 9.88 Å². The summed E-state index contributed by atoms with van der Waals surface area (Å²) in [6.07, 6.45) is 3.39. The van der Waals surface area contributed by atoms with Gasteiger partial charge in [0.05, 0.1) is 12.3 Å². The van der Waals surface area contributed by atoms with E-state index in [2.05, 4.69) is 19.2 Å². The van der Waals surface area contributed by atoms with Gasteiger partial charge in [0.25, 0.3) is 11.8 Å². The molecule has 1 N–H and O–H groups in total. The lowest BCUT2D eigenvalue weighted by molar-refractivity contribution is -0.122. The summed E-state index contributed by atoms with van der Waals surface area (Å²) in [7, 11) is 0. The van der Waals surface area contributed by atoms with Crippen molar-refractivity contribution in [1.29, 1.82) is 0 Å². The molecule has 1 aromatic carbocycles. The maximum atomic E-state index is 12.9. The zero-order valence-electron chi connectivity index (χ0n) is 16.4. The Balaban J connectivity index is 1.94. The lowest BCUT2D eigenvalue weighted by Gasteiger charge is -2.26. The maximum absolute atomic E-state index is 12.9. The number of imide groups is 2. The lowest BCUT2D eigenvalue weighted by atomic mass is 10.1. The zero-order chi connectivity index (χ0) is 20.4. The minimum absolute atomic E-state index is 0.0885. The fraction of sp³-hybridized carbons (Fsp3) is 0.286. The van der Waals surface area contributed by atoms with Crippen LogP contribution in [-0.4, -0.2) is 29.0 Å². The Bertz CT molecular complexity index is 955. The Morgan fingerprint density at radius 2 is 1.82 bits per heavy atom. The summed E-state index contributed by atoms with van der Waals surface area (Å²) in [6, 6.07) is 7.93. The van der Waals surface area contributed by atoms with Gasteiger partial charge in [-0.25, -0.2) is 9.69 Å². The fourth-order valence-electron chi connectivity index (χ4n) is 3.17. The number of amides is 4. The molecule has 2 aromatic rings. The summed E-state index contributed by atoms with van der Waals surface area (Å²) in [5.41, 5.74) is 2.02. The number of aromatic nitrogens is 1. The first-order valence-electron chi connectivity index (χ1n) is 9.14. The molecule has 0 saturated carbocycles. The monoisotopic (exact) mass is 381 g/mol. The van der Waals surface area contributed by atoms with Gasteiger partial charge in [0, 0.05) is 17.9 Å². The largest absolute Gasteiger partial charge is 0.494 e. The molecule has 2 heterocycles. The minimum atomic E-state index is -0.771. The Kier molecular flexibility index (Phi) is 5.35. The van der Waals surface area contributed by atoms with Crippen LogP contribution in [0.5, 0.6) is 5.75 Å². The molecular weight excluding hydrogens is 358 g/mol. The van der Waals surface area contributed by atoms with Crippen molar-refractivity contribution in [3.8, 4) is 5.75 Å². The van der Waals surface area contributed by atoms with Crippen LogP contribution in [0.4, 0.5) is 10.5 Å². The van der Waals surface area contributed by atoms with Gasteiger partial charge in [-0.2, -0.15) is 0 Å². The molecule has 1 aliphatic rings. The fourth-order valence-corrected chi connectivity index (χ4v) is 3.17. The van der Waals surface area contributed by atoms with Crippen molar-refractivity contribution in [2.24, 2.45) is 0 Å². The standard InChI is InChI=1S/C21H23N3O4/c1-5-28-17-8-6-16(7-9-17)24-20(26)18(19(25)22-21(24)27)11-15-10-14(4)23(12-15)13(2)3/h6-13H,5H2,1-4H3,(H,22,25,27)/b18-11-. The van der Waals surface area contributed by atoms with E-state index in [9.17, 15) is 14.4 Å². The molecule has 28 heavy (non-hydrogen) atoms. The van der Waals surface area contributed by atoms with Gasteiger partial charge in [0.1, 0.15) is 11.3 Å². The second-order valence-corrected chi connectivity index (χ2v) is 6.80. The van der Waals surface area contributed by atoms with Crippen LogP contribution in [0.1, 0.15) is 38.1 Å². The predicted octanol–water partition coefficient (Wildman–Crippen LogP) is 3.44. The lowest BCUT2D eigenvalue weighted by Crippen LogP contribution is -2.54. The summed E-state index contributed by atoms with van der Waals surface area (Å²) < 4.78 is 7.43. The summed E-state index contributed by atoms with van der Waals surface area (Å²) in [4.78, 5) is 38.4. The first-order chi connectivity index (χ1) is 13.3. The van der Waals surface area contributed by atoms with Gasteiger partial charge in [-0.1, -0.05) is 0 Å². The van der Waals surface area contributed by atoms with Crippen LogP contribution >= 0.6 is 0 Å². The van der Waals surface area contributed by atoms with Gasteiger partial charge < -0.3 is 9.30 Å². The quantitative estimate of drug-likeness (QED) is 0.635. The molecule has 3 rings (SSSR count). The number of carbonyl (C=O) groups excluding carboxylic acids is 3. The van der Waals surface area contributed by atoms with Crippen LogP contribution in [0.3, 0.4) is 0 Å². The molecule has 0 atom stereocenters. The van der Waals surface area contributed by atoms with Crippen molar-refractivity contribution < 1.29 is 19.1 Å². The average molecular weight is 381 g/mol. The molecule has 4 amide bonds. The minimum Gasteiger partial charge on any atom is -0.494 e. The Labute approximate surface area is 163 Å². The van der Waals surface area contributed by atoms with Crippen LogP contribution in [0, 0.1) is 6.92 Å². The van der Waals surface area contributed by atoms with E-state index in [4.69, 9.17) is 4.74 Å². The Morgan fingerprint density at radius 3 is 2.39 bits per heavy atom. The van der Waals surface area contributed by atoms with E-state index in [1.807, 2.05) is 30.7 Å². The molecule has 0 spiro atoms. The third kappa shape index (κ3) is 3.69. The predicted molar refractivity (Wildman–Crippen MR) is 106 cm³/mol. The van der Waals surface area contributed by atoms with Crippen molar-refractivity contribution in [2.75, 3.05) is 11.5 Å². The third-order valence-electron chi connectivity index (χ3n) is 4.45. The van der Waals surface area contributed by atoms with Crippen molar-refractivity contribution in [3.05, 3.63) is 53.4 Å². The van der Waals surface area contributed by atoms with E-state index in [-0.39, 0.29) is 11.6 Å². The van der Waals surface area contributed by atoms with Crippen LogP contribution < -0.4 is 15.0 Å². The van der Waals surface area contributed by atoms with E-state index in [1.165, 1.54) is 6.08 Å². The van der Waals surface area contributed by atoms with Gasteiger partial charge in [0.15, 0.2) is 0 Å². The van der Waals surface area contributed by atoms with E-state index in [0.717, 1.165) is 16.2 Å². The van der Waals surface area contributed by atoms with Gasteiger partial charge in [-0.15, -0.1) is 0 Å². The van der Waals surface area contributed by atoms with E-state index in [0.29, 0.717) is 18.0 Å². The molecule has 1 aromatic heterocycles. The number of anilines is 1. The first-order valence-corrected chi connectivity index (χ1v) is 9.14. The molecular formula is C21H23N3O4. The van der Waals surface area contributed by atoms with E-state index >= 15 is 0 Å². The third-order valence-corrected chi connectivity index (χ3v) is 4.45. The summed E-state index contributed by atoms with van der Waals surface area (Å²) in [6.45, 7) is 8.44. The number of ether oxygens (including phenoxy) is 1. The van der Waals surface area contributed by atoms with Crippen LogP contribution in [0.25, 0.3) is 6.08 Å². The van der Waals surface area contributed by atoms with Gasteiger partial charge >= 0.3 is 6.03 Å². The highest BCUT2D eigenvalue weighted by Gasteiger charge is 2.36. The first kappa shape index (κ1) is 19.4. The number of rotatable bonds is 5. The molecule has 7 heteroatoms. The Morgan fingerprint density at radius 1 is 1.14 bits per heavy atom. The number of hydrogen-bond acceptors (Lipinski definition) is 4. The smallest absolute Gasteiger partial charge is 0.335 e. The van der Waals surface area contributed by atoms with E-state index in [1.54, 1.807) is 24.3 Å². The van der Waals surface area contributed by atoms with Gasteiger partial charge in [-0.05, 0) is 69.7 Å². The molecule has 7 nitrogen and oxygen atoms in total. The van der Waals surface area contributed by atoms with Crippen molar-refractivity contribution in [2.45, 2.75) is 33.7 Å². The topological polar surface area (TPSA) is 80.6 Å². The van der Waals surface area contributed by atoms with Crippen molar-refractivity contribution in [3.63, 3.8) is 0 Å². The molecule has 1 saturated heterocycles. The average Bonchev–Trinajstić information content (AvgIpc) is 3.01. The molecule has 1 aliphatic heterocycles. The number of nitrogens with one attached hydrogen (secondary N) is 1. The summed E-state index contributed by atoms with van der Waals surface area (Å²) in [5, 5.41) is 2.23. The van der Waals surface area contributed by atoms with Crippen LogP contribution in [0.15, 0.2) is 42.1 Å². The van der Waals surface area contributed by atoms with Gasteiger partial charge in [0.2, 0.25) is 0 Å². The molecule has 0 bridgehead atoms. The highest BCUT2D eigenvalue weighted by molar-refractivity contribution is 6.39. The molecule has 0 aliphatic carbocycles. The molecule has 0 radical (unpaired) electrons. The zero-order valence-corrected chi connectivity index (χ0v) is 16.4. The summed E-state index contributed by atoms with van der Waals surface area (Å²) in [5.74, 6) is -0.728. The maximum Gasteiger partial charge on any atom is 0.335 e. The summed E-state index contributed by atoms with van der Waals surface area (Å²) >= 11 is 0. The van der Waals surface area contributed by atoms with Crippen LogP contribution in [0.2, 0.25) is 0 Å². The molecule has 146 valence electrons. The number of aryl methyl sites for hydroxylation is 1. The highest BCUT2D eigenvalue weighted by Crippen LogP contribution is 2.25. The number of nitrogens with zero attached hydrogens (tertiary/aromatic N) is 2. The highest BCUT2D eigenvalue weighted by atomic mass is 16.5. The SMILES string of the molecule is CCOc1ccc(N2C(=O)NC(=O)/C(=C/c3cc(C)n(C(C)C)c3)C2=O)cc1. The normalized spacial score (nSPS) is 16.1. The number of carbonyl (C=O) groups is 3. The second-order valence-electron chi connectivity index (χ2n) is 6.80. The number of urea groups is 1. The molecule has 1 fully saturated rings. The number of barbiturate groups is 1. The molecule has 0 unspecified atom stereocenters. The number of benzene rings is 1. The van der Waals surface area contributed by atoms with E-state index < -0.39 is 17.8 Å².